The van der Waals surface area contributed by atoms with Gasteiger partial charge in [-0.3, -0.25) is 9.59 Å². The molecule has 0 spiro atoms. The molecule has 0 saturated carbocycles. The molecule has 4 nitrogen and oxygen atoms in total. The minimum absolute atomic E-state index is 0.116. The predicted molar refractivity (Wildman–Crippen MR) is 85.5 cm³/mol. The molecule has 0 bridgehead atoms. The van der Waals surface area contributed by atoms with Crippen molar-refractivity contribution >= 4 is 27.9 Å². The quantitative estimate of drug-likeness (QED) is 0.735. The topological polar surface area (TPSA) is 67.5 Å². The van der Waals surface area contributed by atoms with E-state index in [0.29, 0.717) is 27.5 Å². The van der Waals surface area contributed by atoms with Gasteiger partial charge in [-0.05, 0) is 49.6 Å². The lowest BCUT2D eigenvalue weighted by atomic mass is 9.99. The number of fused-ring (bicyclic) bond motifs is 2. The molecular formula is C18H16O4. The van der Waals surface area contributed by atoms with Gasteiger partial charge in [0.1, 0.15) is 11.2 Å². The lowest BCUT2D eigenvalue weighted by Gasteiger charge is -2.11. The molecule has 3 rings (SSSR count). The standard InChI is InChI=1S/C18H16O4/c1-9-7-14-16(21)13-6-4-5-12(8-15(19)20)18(13)22-17(14)11(3)10(9)2/h4-7H,8H2,1-3H3,(H,19,20). The molecule has 3 aromatic rings. The summed E-state index contributed by atoms with van der Waals surface area (Å²) >= 11 is 0. The highest BCUT2D eigenvalue weighted by Gasteiger charge is 2.15. The second kappa shape index (κ2) is 4.98. The fourth-order valence-electron chi connectivity index (χ4n) is 2.79. The summed E-state index contributed by atoms with van der Waals surface area (Å²) in [4.78, 5) is 23.7. The Morgan fingerprint density at radius 2 is 1.82 bits per heavy atom. The van der Waals surface area contributed by atoms with Crippen molar-refractivity contribution in [1.82, 2.24) is 0 Å². The molecule has 0 aliphatic carbocycles. The van der Waals surface area contributed by atoms with Crippen molar-refractivity contribution in [2.24, 2.45) is 0 Å². The molecule has 1 aromatic heterocycles. The monoisotopic (exact) mass is 296 g/mol. The molecule has 22 heavy (non-hydrogen) atoms. The predicted octanol–water partition coefficient (Wildman–Crippen LogP) is 3.50. The molecule has 0 amide bonds. The molecule has 0 aliphatic rings. The van der Waals surface area contributed by atoms with Crippen LogP contribution in [0, 0.1) is 20.8 Å². The summed E-state index contributed by atoms with van der Waals surface area (Å²) in [6.45, 7) is 5.86. The summed E-state index contributed by atoms with van der Waals surface area (Å²) in [5.41, 5.74) is 4.34. The van der Waals surface area contributed by atoms with Crippen molar-refractivity contribution in [2.75, 3.05) is 0 Å². The first-order chi connectivity index (χ1) is 10.4. The first-order valence-corrected chi connectivity index (χ1v) is 7.07. The minimum Gasteiger partial charge on any atom is -0.481 e. The Kier molecular flexibility index (Phi) is 3.24. The molecule has 1 N–H and O–H groups in total. The van der Waals surface area contributed by atoms with Gasteiger partial charge in [0.15, 0.2) is 0 Å². The van der Waals surface area contributed by atoms with E-state index in [0.717, 1.165) is 16.7 Å². The van der Waals surface area contributed by atoms with Gasteiger partial charge in [-0.1, -0.05) is 12.1 Å². The molecule has 0 saturated heterocycles. The molecule has 0 radical (unpaired) electrons. The van der Waals surface area contributed by atoms with E-state index in [9.17, 15) is 9.59 Å². The van der Waals surface area contributed by atoms with Crippen LogP contribution in [0.2, 0.25) is 0 Å². The van der Waals surface area contributed by atoms with Gasteiger partial charge in [0.05, 0.1) is 17.2 Å². The van der Waals surface area contributed by atoms with Gasteiger partial charge in [0.25, 0.3) is 0 Å². The number of hydrogen-bond donors (Lipinski definition) is 1. The Morgan fingerprint density at radius 3 is 2.50 bits per heavy atom. The Hall–Kier alpha value is -2.62. The van der Waals surface area contributed by atoms with E-state index in [4.69, 9.17) is 9.52 Å². The molecule has 0 atom stereocenters. The number of rotatable bonds is 2. The van der Waals surface area contributed by atoms with Crippen molar-refractivity contribution in [3.05, 3.63) is 56.7 Å². The molecule has 0 fully saturated rings. The van der Waals surface area contributed by atoms with Crippen LogP contribution in [0.15, 0.2) is 33.5 Å². The summed E-state index contributed by atoms with van der Waals surface area (Å²) < 4.78 is 5.96. The van der Waals surface area contributed by atoms with Gasteiger partial charge < -0.3 is 9.52 Å². The second-order valence-corrected chi connectivity index (χ2v) is 5.62. The molecule has 0 unspecified atom stereocenters. The van der Waals surface area contributed by atoms with Crippen LogP contribution in [0.25, 0.3) is 21.9 Å². The first-order valence-electron chi connectivity index (χ1n) is 7.07. The van der Waals surface area contributed by atoms with Crippen molar-refractivity contribution in [2.45, 2.75) is 27.2 Å². The normalized spacial score (nSPS) is 11.2. The number of carboxylic acids is 1. The molecule has 4 heteroatoms. The van der Waals surface area contributed by atoms with Gasteiger partial charge in [-0.25, -0.2) is 0 Å². The lowest BCUT2D eigenvalue weighted by Crippen LogP contribution is -2.07. The SMILES string of the molecule is Cc1cc2c(=O)c3cccc(CC(=O)O)c3oc2c(C)c1C. The number of carbonyl (C=O) groups is 1. The lowest BCUT2D eigenvalue weighted by molar-refractivity contribution is -0.136. The molecular weight excluding hydrogens is 280 g/mol. The van der Waals surface area contributed by atoms with Gasteiger partial charge in [0.2, 0.25) is 5.43 Å². The van der Waals surface area contributed by atoms with E-state index in [2.05, 4.69) is 0 Å². The smallest absolute Gasteiger partial charge is 0.307 e. The Morgan fingerprint density at radius 1 is 1.09 bits per heavy atom. The van der Waals surface area contributed by atoms with Crippen LogP contribution in [-0.4, -0.2) is 11.1 Å². The Bertz CT molecular complexity index is 980. The highest BCUT2D eigenvalue weighted by atomic mass is 16.4. The van der Waals surface area contributed by atoms with Gasteiger partial charge in [-0.15, -0.1) is 0 Å². The Labute approximate surface area is 127 Å². The molecule has 0 aliphatic heterocycles. The van der Waals surface area contributed by atoms with E-state index >= 15 is 0 Å². The second-order valence-electron chi connectivity index (χ2n) is 5.62. The Balaban J connectivity index is 2.50. The number of benzene rings is 2. The summed E-state index contributed by atoms with van der Waals surface area (Å²) in [6, 6.07) is 6.89. The van der Waals surface area contributed by atoms with Crippen molar-refractivity contribution in [3.8, 4) is 0 Å². The number of carboxylic acid groups (broad SMARTS) is 1. The summed E-state index contributed by atoms with van der Waals surface area (Å²) in [6.07, 6.45) is -0.171. The van der Waals surface area contributed by atoms with Crippen LogP contribution in [-0.2, 0) is 11.2 Å². The largest absolute Gasteiger partial charge is 0.481 e. The zero-order valence-electron chi connectivity index (χ0n) is 12.7. The van der Waals surface area contributed by atoms with Gasteiger partial charge in [-0.2, -0.15) is 0 Å². The van der Waals surface area contributed by atoms with Crippen LogP contribution >= 0.6 is 0 Å². The number of hydrogen-bond acceptors (Lipinski definition) is 3. The maximum atomic E-state index is 12.7. The summed E-state index contributed by atoms with van der Waals surface area (Å²) in [5, 5.41) is 9.99. The van der Waals surface area contributed by atoms with Crippen LogP contribution < -0.4 is 5.43 Å². The highest BCUT2D eigenvalue weighted by Crippen LogP contribution is 2.27. The van der Waals surface area contributed by atoms with Gasteiger partial charge in [0, 0.05) is 5.56 Å². The third-order valence-corrected chi connectivity index (χ3v) is 4.23. The first kappa shape index (κ1) is 14.3. The summed E-state index contributed by atoms with van der Waals surface area (Å²) in [7, 11) is 0. The van der Waals surface area contributed by atoms with Crippen LogP contribution in [0.4, 0.5) is 0 Å². The maximum Gasteiger partial charge on any atom is 0.307 e. The number of para-hydroxylation sites is 1. The third-order valence-electron chi connectivity index (χ3n) is 4.23. The third kappa shape index (κ3) is 2.08. The number of aryl methyl sites for hydroxylation is 2. The van der Waals surface area contributed by atoms with Crippen LogP contribution in [0.5, 0.6) is 0 Å². The number of aliphatic carboxylic acids is 1. The molecule has 112 valence electrons. The fraction of sp³-hybridized carbons (Fsp3) is 0.222. The zero-order valence-corrected chi connectivity index (χ0v) is 12.7. The van der Waals surface area contributed by atoms with Crippen molar-refractivity contribution in [1.29, 1.82) is 0 Å². The van der Waals surface area contributed by atoms with Crippen LogP contribution in [0.1, 0.15) is 22.3 Å². The van der Waals surface area contributed by atoms with E-state index in [-0.39, 0.29) is 11.8 Å². The van der Waals surface area contributed by atoms with Crippen molar-refractivity contribution < 1.29 is 14.3 Å². The van der Waals surface area contributed by atoms with E-state index in [1.165, 1.54) is 0 Å². The molecule has 1 heterocycles. The van der Waals surface area contributed by atoms with E-state index in [1.807, 2.05) is 26.8 Å². The zero-order chi connectivity index (χ0) is 16.0. The van der Waals surface area contributed by atoms with Crippen molar-refractivity contribution in [3.63, 3.8) is 0 Å². The highest BCUT2D eigenvalue weighted by molar-refractivity contribution is 5.94. The minimum atomic E-state index is -0.952. The van der Waals surface area contributed by atoms with E-state index in [1.54, 1.807) is 18.2 Å². The van der Waals surface area contributed by atoms with Crippen LogP contribution in [0.3, 0.4) is 0 Å². The van der Waals surface area contributed by atoms with Gasteiger partial charge >= 0.3 is 5.97 Å². The average Bonchev–Trinajstić information content (AvgIpc) is 2.47. The molecule has 2 aromatic carbocycles. The fourth-order valence-corrected chi connectivity index (χ4v) is 2.79. The average molecular weight is 296 g/mol. The maximum absolute atomic E-state index is 12.7. The van der Waals surface area contributed by atoms with E-state index < -0.39 is 5.97 Å². The summed E-state index contributed by atoms with van der Waals surface area (Å²) in [5.74, 6) is -0.952.